The molecule has 0 radical (unpaired) electrons. The summed E-state index contributed by atoms with van der Waals surface area (Å²) < 4.78 is 20.9. The van der Waals surface area contributed by atoms with E-state index >= 15 is 0 Å². The van der Waals surface area contributed by atoms with Crippen LogP contribution in [0, 0.1) is 5.41 Å². The monoisotopic (exact) mass is 416 g/mol. The number of carbonyl (C=O) groups excluding carboxylic acids is 3. The quantitative estimate of drug-likeness (QED) is 0.263. The molecule has 2 rings (SSSR count). The Hall–Kier alpha value is -1.62. The molecule has 1 saturated heterocycles. The predicted molar refractivity (Wildman–Crippen MR) is 102 cm³/mol. The van der Waals surface area contributed by atoms with Gasteiger partial charge in [0.25, 0.3) is 0 Å². The lowest BCUT2D eigenvalue weighted by molar-refractivity contribution is -0.190. The molecular weight excluding hydrogens is 388 g/mol. The molecule has 0 aromatic heterocycles. The number of amides is 1. The number of ether oxygens (including phenoxy) is 4. The van der Waals surface area contributed by atoms with Crippen molar-refractivity contribution in [2.75, 3.05) is 32.7 Å². The first-order valence-corrected chi connectivity index (χ1v) is 10.0. The van der Waals surface area contributed by atoms with E-state index < -0.39 is 29.7 Å². The van der Waals surface area contributed by atoms with Gasteiger partial charge in [0.05, 0.1) is 25.2 Å². The number of methoxy groups -OCH3 is 1. The highest BCUT2D eigenvalue weighted by Gasteiger charge is 2.52. The normalized spacial score (nSPS) is 23.1. The zero-order valence-corrected chi connectivity index (χ0v) is 17.7. The molecule has 0 spiro atoms. The third kappa shape index (κ3) is 5.05. The summed E-state index contributed by atoms with van der Waals surface area (Å²) in [4.78, 5) is 38.3. The lowest BCUT2D eigenvalue weighted by Gasteiger charge is -2.48. The summed E-state index contributed by atoms with van der Waals surface area (Å²) in [5.41, 5.74) is 5.85. The summed E-state index contributed by atoms with van der Waals surface area (Å²) in [6, 6.07) is -0.653. The summed E-state index contributed by atoms with van der Waals surface area (Å²) in [6.45, 7) is 7.47. The number of hydrogen-bond acceptors (Lipinski definition) is 9. The number of carbonyl (C=O) groups is 3. The highest BCUT2D eigenvalue weighted by atomic mass is 32.2. The van der Waals surface area contributed by atoms with Gasteiger partial charge in [0.1, 0.15) is 17.1 Å². The summed E-state index contributed by atoms with van der Waals surface area (Å²) >= 11 is 1.47. The van der Waals surface area contributed by atoms with Crippen LogP contribution in [0.25, 0.3) is 0 Å². The average molecular weight is 416 g/mol. The van der Waals surface area contributed by atoms with Crippen LogP contribution in [0.3, 0.4) is 0 Å². The number of rotatable bonds is 8. The van der Waals surface area contributed by atoms with Crippen LogP contribution in [0.2, 0.25) is 0 Å². The Morgan fingerprint density at radius 3 is 2.57 bits per heavy atom. The largest absolute Gasteiger partial charge is 0.425 e. The second kappa shape index (κ2) is 9.25. The summed E-state index contributed by atoms with van der Waals surface area (Å²) in [5.74, 6) is -1.11. The van der Waals surface area contributed by atoms with Crippen molar-refractivity contribution in [3.05, 3.63) is 11.3 Å². The van der Waals surface area contributed by atoms with E-state index in [-0.39, 0.29) is 23.6 Å². The van der Waals surface area contributed by atoms with Crippen molar-refractivity contribution in [2.45, 2.75) is 45.4 Å². The number of β-lactam (4-membered cyclic amide) rings is 1. The van der Waals surface area contributed by atoms with Gasteiger partial charge in [-0.3, -0.25) is 14.5 Å². The number of thioether (sulfide) groups is 1. The number of esters is 2. The van der Waals surface area contributed by atoms with Crippen LogP contribution in [-0.4, -0.2) is 73.1 Å². The van der Waals surface area contributed by atoms with Crippen LogP contribution < -0.4 is 5.73 Å². The van der Waals surface area contributed by atoms with Crippen molar-refractivity contribution in [3.63, 3.8) is 0 Å². The lowest BCUT2D eigenvalue weighted by Crippen LogP contribution is -2.68. The van der Waals surface area contributed by atoms with Gasteiger partial charge in [-0.25, -0.2) is 4.79 Å². The standard InChI is InChI=1S/C18H28N2O7S/c1-10(27-17(23)18(2,3)4)26-16(22)13-11(8-25-7-6-24-5)9-28-15-12(19)14(21)20(13)15/h10,12,15H,6-9,19H2,1-5H3/t10?,12?,15-/m0/s1. The van der Waals surface area contributed by atoms with Crippen LogP contribution in [0.15, 0.2) is 11.3 Å². The maximum atomic E-state index is 12.8. The maximum absolute atomic E-state index is 12.8. The van der Waals surface area contributed by atoms with Gasteiger partial charge < -0.3 is 24.7 Å². The first-order valence-electron chi connectivity index (χ1n) is 8.99. The number of nitrogens with two attached hydrogens (primary N) is 1. The Morgan fingerprint density at radius 2 is 1.96 bits per heavy atom. The third-order valence-electron chi connectivity index (χ3n) is 4.15. The van der Waals surface area contributed by atoms with Crippen molar-refractivity contribution in [1.82, 2.24) is 4.90 Å². The molecule has 2 aliphatic heterocycles. The Balaban J connectivity index is 2.12. The van der Waals surface area contributed by atoms with Gasteiger partial charge in [0.15, 0.2) is 0 Å². The predicted octanol–water partition coefficient (Wildman–Crippen LogP) is 0.624. The fraction of sp³-hybridized carbons (Fsp3) is 0.722. The Morgan fingerprint density at radius 1 is 1.29 bits per heavy atom. The van der Waals surface area contributed by atoms with Crippen molar-refractivity contribution < 1.29 is 33.3 Å². The molecule has 0 bridgehead atoms. The van der Waals surface area contributed by atoms with E-state index in [4.69, 9.17) is 24.7 Å². The fourth-order valence-corrected chi connectivity index (χ4v) is 3.85. The average Bonchev–Trinajstić information content (AvgIpc) is 2.62. The summed E-state index contributed by atoms with van der Waals surface area (Å²) in [5, 5.41) is -0.315. The molecule has 0 aromatic carbocycles. The summed E-state index contributed by atoms with van der Waals surface area (Å²) in [7, 11) is 1.56. The Labute approximate surface area is 168 Å². The molecule has 3 atom stereocenters. The van der Waals surface area contributed by atoms with Crippen LogP contribution in [0.4, 0.5) is 0 Å². The number of fused-ring (bicyclic) bond motifs is 1. The molecule has 10 heteroatoms. The van der Waals surface area contributed by atoms with Crippen molar-refractivity contribution in [2.24, 2.45) is 11.1 Å². The lowest BCUT2D eigenvalue weighted by atomic mass is 9.97. The second-order valence-electron chi connectivity index (χ2n) is 7.56. The van der Waals surface area contributed by atoms with E-state index in [0.29, 0.717) is 24.5 Å². The molecular formula is C18H28N2O7S. The minimum atomic E-state index is -1.10. The topological polar surface area (TPSA) is 117 Å². The second-order valence-corrected chi connectivity index (χ2v) is 8.67. The first kappa shape index (κ1) is 22.7. The Kier molecular flexibility index (Phi) is 7.49. The van der Waals surface area contributed by atoms with E-state index in [1.807, 2.05) is 0 Å². The minimum absolute atomic E-state index is 0.117. The molecule has 0 aliphatic carbocycles. The van der Waals surface area contributed by atoms with Crippen LogP contribution in [0.5, 0.6) is 0 Å². The zero-order chi connectivity index (χ0) is 21.1. The molecule has 2 N–H and O–H groups in total. The number of nitrogens with zero attached hydrogens (tertiary/aromatic N) is 1. The van der Waals surface area contributed by atoms with Gasteiger partial charge >= 0.3 is 11.9 Å². The molecule has 2 aliphatic rings. The zero-order valence-electron chi connectivity index (χ0n) is 16.9. The van der Waals surface area contributed by atoms with E-state index in [2.05, 4.69) is 0 Å². The molecule has 28 heavy (non-hydrogen) atoms. The van der Waals surface area contributed by atoms with Crippen molar-refractivity contribution >= 4 is 29.6 Å². The van der Waals surface area contributed by atoms with Crippen molar-refractivity contribution in [1.29, 1.82) is 0 Å². The van der Waals surface area contributed by atoms with E-state index in [0.717, 1.165) is 0 Å². The number of hydrogen-bond donors (Lipinski definition) is 1. The molecule has 1 amide bonds. The molecule has 0 saturated carbocycles. The molecule has 9 nitrogen and oxygen atoms in total. The molecule has 2 unspecified atom stereocenters. The van der Waals surface area contributed by atoms with Crippen LogP contribution >= 0.6 is 11.8 Å². The maximum Gasteiger partial charge on any atom is 0.358 e. The van der Waals surface area contributed by atoms with E-state index in [9.17, 15) is 14.4 Å². The van der Waals surface area contributed by atoms with Gasteiger partial charge in [-0.15, -0.1) is 11.8 Å². The van der Waals surface area contributed by atoms with Crippen LogP contribution in [-0.2, 0) is 33.3 Å². The third-order valence-corrected chi connectivity index (χ3v) is 5.51. The van der Waals surface area contributed by atoms with Gasteiger partial charge in [-0.05, 0) is 26.3 Å². The van der Waals surface area contributed by atoms with Gasteiger partial charge in [0.2, 0.25) is 12.2 Å². The highest BCUT2D eigenvalue weighted by molar-refractivity contribution is 8.00. The van der Waals surface area contributed by atoms with Crippen LogP contribution in [0.1, 0.15) is 27.7 Å². The van der Waals surface area contributed by atoms with E-state index in [1.165, 1.54) is 23.6 Å². The van der Waals surface area contributed by atoms with Gasteiger partial charge in [0, 0.05) is 19.8 Å². The molecule has 158 valence electrons. The SMILES string of the molecule is COCCOCC1=C(C(=O)OC(C)OC(=O)C(C)(C)C)N2C(=O)C(N)[C@@H]2SC1. The summed E-state index contributed by atoms with van der Waals surface area (Å²) in [6.07, 6.45) is -1.10. The molecule has 1 fully saturated rings. The molecule has 2 heterocycles. The Bertz CT molecular complexity index is 659. The van der Waals surface area contributed by atoms with E-state index in [1.54, 1.807) is 27.9 Å². The van der Waals surface area contributed by atoms with Gasteiger partial charge in [-0.1, -0.05) is 0 Å². The minimum Gasteiger partial charge on any atom is -0.425 e. The molecule has 0 aromatic rings. The van der Waals surface area contributed by atoms with Gasteiger partial charge in [-0.2, -0.15) is 0 Å². The fourth-order valence-electron chi connectivity index (χ4n) is 2.58. The highest BCUT2D eigenvalue weighted by Crippen LogP contribution is 2.40. The first-order chi connectivity index (χ1) is 13.1. The van der Waals surface area contributed by atoms with Crippen molar-refractivity contribution in [3.8, 4) is 0 Å². The smallest absolute Gasteiger partial charge is 0.358 e.